The summed E-state index contributed by atoms with van der Waals surface area (Å²) >= 11 is 3.17. The van der Waals surface area contributed by atoms with Crippen LogP contribution in [-0.2, 0) is 14.3 Å². The number of benzene rings is 1. The number of carbonyl (C=O) groups is 3. The number of aromatic hydroxyl groups is 1. The lowest BCUT2D eigenvalue weighted by atomic mass is 9.88. The molecule has 1 atom stereocenters. The molecule has 1 saturated carbocycles. The maximum Gasteiger partial charge on any atom is 0.339 e. The van der Waals surface area contributed by atoms with Gasteiger partial charge in [0.1, 0.15) is 23.4 Å². The number of ether oxygens (including phenoxy) is 1. The molecule has 1 aromatic rings. The van der Waals surface area contributed by atoms with E-state index in [0.717, 1.165) is 17.2 Å². The molecule has 2 rings (SSSR count). The van der Waals surface area contributed by atoms with E-state index in [1.54, 1.807) is 26.8 Å². The molecule has 1 unspecified atom stereocenters. The van der Waals surface area contributed by atoms with Crippen molar-refractivity contribution in [2.45, 2.75) is 66.4 Å². The number of carboxylic acid groups (broad SMARTS) is 1. The summed E-state index contributed by atoms with van der Waals surface area (Å²) < 4.78 is 5.31. The van der Waals surface area contributed by atoms with Crippen molar-refractivity contribution < 1.29 is 34.4 Å². The van der Waals surface area contributed by atoms with Gasteiger partial charge in [-0.05, 0) is 79.7 Å². The maximum absolute atomic E-state index is 11.4. The predicted octanol–water partition coefficient (Wildman–Crippen LogP) is 4.95. The molecule has 32 heavy (non-hydrogen) atoms. The molecule has 0 bridgehead atoms. The van der Waals surface area contributed by atoms with Crippen molar-refractivity contribution in [3.8, 4) is 5.75 Å². The van der Waals surface area contributed by atoms with Gasteiger partial charge in [-0.1, -0.05) is 25.3 Å². The number of allylic oxidation sites excluding steroid dienone is 2. The topological polar surface area (TPSA) is 121 Å². The van der Waals surface area contributed by atoms with Crippen molar-refractivity contribution in [2.75, 3.05) is 7.11 Å². The van der Waals surface area contributed by atoms with Crippen LogP contribution < -0.4 is 0 Å². The van der Waals surface area contributed by atoms with E-state index in [-0.39, 0.29) is 17.1 Å². The van der Waals surface area contributed by atoms with E-state index in [1.807, 2.05) is 13.8 Å². The molecular weight excluding hydrogens is 480 g/mol. The quantitative estimate of drug-likeness (QED) is 0.213. The molecule has 3 N–H and O–H groups in total. The number of phenols is 1. The smallest absolute Gasteiger partial charge is 0.339 e. The first-order valence-corrected chi connectivity index (χ1v) is 10.9. The van der Waals surface area contributed by atoms with Crippen LogP contribution in [0.25, 0.3) is 0 Å². The van der Waals surface area contributed by atoms with Gasteiger partial charge in [0.15, 0.2) is 5.78 Å². The molecule has 0 aliphatic heterocycles. The predicted molar refractivity (Wildman–Crippen MR) is 127 cm³/mol. The van der Waals surface area contributed by atoms with E-state index in [9.17, 15) is 24.6 Å². The molecule has 0 amide bonds. The number of aldehydes is 1. The third kappa shape index (κ3) is 7.31. The van der Waals surface area contributed by atoms with Crippen molar-refractivity contribution in [2.24, 2.45) is 0 Å². The lowest BCUT2D eigenvalue weighted by Crippen LogP contribution is -2.41. The van der Waals surface area contributed by atoms with Gasteiger partial charge >= 0.3 is 5.97 Å². The van der Waals surface area contributed by atoms with E-state index in [2.05, 4.69) is 15.9 Å². The maximum atomic E-state index is 11.4. The molecule has 1 aliphatic rings. The average molecular weight is 513 g/mol. The monoisotopic (exact) mass is 512 g/mol. The van der Waals surface area contributed by atoms with Crippen LogP contribution in [0.5, 0.6) is 5.75 Å². The van der Waals surface area contributed by atoms with Gasteiger partial charge in [-0.25, -0.2) is 4.79 Å². The molecular formula is C24H33BrO7. The summed E-state index contributed by atoms with van der Waals surface area (Å²) in [6.07, 6.45) is 7.60. The summed E-state index contributed by atoms with van der Waals surface area (Å²) in [4.78, 5) is 32.6. The number of ketones is 1. The van der Waals surface area contributed by atoms with Crippen LogP contribution in [0.3, 0.4) is 0 Å². The number of halogens is 1. The second-order valence-electron chi connectivity index (χ2n) is 7.39. The van der Waals surface area contributed by atoms with Gasteiger partial charge in [0.25, 0.3) is 0 Å². The lowest BCUT2D eigenvalue weighted by molar-refractivity contribution is -0.131. The van der Waals surface area contributed by atoms with Gasteiger partial charge < -0.3 is 20.1 Å². The highest BCUT2D eigenvalue weighted by molar-refractivity contribution is 9.10. The molecule has 178 valence electrons. The fourth-order valence-electron chi connectivity index (χ4n) is 2.61. The highest BCUT2D eigenvalue weighted by atomic mass is 79.9. The summed E-state index contributed by atoms with van der Waals surface area (Å²) in [5.41, 5.74) is 0.905. The van der Waals surface area contributed by atoms with Crippen LogP contribution in [0.15, 0.2) is 28.0 Å². The fraction of sp³-hybridized carbons (Fsp3) is 0.458. The summed E-state index contributed by atoms with van der Waals surface area (Å²) in [6.45, 7) is 9.89. The van der Waals surface area contributed by atoms with Gasteiger partial charge in [0.05, 0.1) is 11.6 Å². The lowest BCUT2D eigenvalue weighted by Gasteiger charge is -2.27. The zero-order chi connectivity index (χ0) is 25.2. The number of carboxylic acids is 1. The van der Waals surface area contributed by atoms with E-state index >= 15 is 0 Å². The van der Waals surface area contributed by atoms with Crippen LogP contribution in [0, 0.1) is 20.8 Å². The third-order valence-electron chi connectivity index (χ3n) is 5.15. The molecule has 0 aromatic heterocycles. The van der Waals surface area contributed by atoms with Gasteiger partial charge in [0, 0.05) is 6.08 Å². The largest absolute Gasteiger partial charge is 0.506 e. The Morgan fingerprint density at radius 2 is 1.56 bits per heavy atom. The van der Waals surface area contributed by atoms with Crippen LogP contribution in [-0.4, -0.2) is 46.1 Å². The van der Waals surface area contributed by atoms with Gasteiger partial charge in [-0.2, -0.15) is 0 Å². The van der Waals surface area contributed by atoms with Crippen molar-refractivity contribution in [3.63, 3.8) is 0 Å². The molecule has 1 fully saturated rings. The number of rotatable bonds is 6. The molecule has 0 radical (unpaired) electrons. The van der Waals surface area contributed by atoms with Crippen molar-refractivity contribution in [1.82, 2.24) is 0 Å². The molecule has 1 aromatic carbocycles. The van der Waals surface area contributed by atoms with E-state index in [4.69, 9.17) is 9.84 Å². The minimum absolute atomic E-state index is 0.0278. The van der Waals surface area contributed by atoms with Crippen LogP contribution >= 0.6 is 15.9 Å². The van der Waals surface area contributed by atoms with E-state index in [1.165, 1.54) is 33.3 Å². The standard InChI is InChI=1S/C11H16O4.C10H11BrO3.C3H6/c1-5-8(2)11(14,9(3)13)10(15-4)6-7-12;1-4-5(2)7(10(13)14)9(12)8(11)6(4)3;1-2-3-1/h5-7,14H,1-4H3;12H,1-3H3,(H,13,14);1-3H2/b8-5-,10-6+;;. The first-order valence-electron chi connectivity index (χ1n) is 10.1. The molecule has 0 saturated heterocycles. The Labute approximate surface area is 197 Å². The molecule has 7 nitrogen and oxygen atoms in total. The van der Waals surface area contributed by atoms with Crippen molar-refractivity contribution >= 4 is 34.0 Å². The number of aliphatic hydroxyl groups is 1. The Kier molecular flexibility index (Phi) is 12.2. The average Bonchev–Trinajstić information content (AvgIpc) is 3.63. The van der Waals surface area contributed by atoms with Crippen LogP contribution in [0.1, 0.15) is 67.1 Å². The van der Waals surface area contributed by atoms with Gasteiger partial charge in [-0.3, -0.25) is 9.59 Å². The SMILES string of the molecule is C/C=C(/C)C(O)(C(C)=O)/C(=C\C=O)OC.C1CC1.Cc1c(C)c(Br)c(O)c(C(=O)O)c1C. The van der Waals surface area contributed by atoms with E-state index < -0.39 is 17.4 Å². The normalized spacial score (nSPS) is 14.7. The van der Waals surface area contributed by atoms with Crippen molar-refractivity contribution in [3.05, 3.63) is 50.2 Å². The van der Waals surface area contributed by atoms with Crippen molar-refractivity contribution in [1.29, 1.82) is 0 Å². The minimum Gasteiger partial charge on any atom is -0.506 e. The zero-order valence-electron chi connectivity index (χ0n) is 19.7. The second-order valence-corrected chi connectivity index (χ2v) is 8.18. The summed E-state index contributed by atoms with van der Waals surface area (Å²) in [5, 5.41) is 28.7. The Balaban J connectivity index is 0.000000528. The molecule has 0 heterocycles. The Morgan fingerprint density at radius 1 is 1.06 bits per heavy atom. The van der Waals surface area contributed by atoms with Crippen LogP contribution in [0.2, 0.25) is 0 Å². The Bertz CT molecular complexity index is 882. The zero-order valence-corrected chi connectivity index (χ0v) is 21.3. The Hall–Kier alpha value is -2.45. The number of aromatic carboxylic acids is 1. The minimum atomic E-state index is -1.84. The number of Topliss-reactive ketones (excluding diaryl/α,β-unsaturated/α-hetero) is 1. The summed E-state index contributed by atoms with van der Waals surface area (Å²) in [7, 11) is 1.30. The van der Waals surface area contributed by atoms with Gasteiger partial charge in [0.2, 0.25) is 5.60 Å². The highest BCUT2D eigenvalue weighted by Crippen LogP contribution is 2.36. The first kappa shape index (κ1) is 29.5. The fourth-order valence-corrected chi connectivity index (χ4v) is 3.11. The Morgan fingerprint density at radius 3 is 1.88 bits per heavy atom. The number of carbonyl (C=O) groups excluding carboxylic acids is 2. The second kappa shape index (κ2) is 13.2. The van der Waals surface area contributed by atoms with Crippen LogP contribution in [0.4, 0.5) is 0 Å². The van der Waals surface area contributed by atoms with Gasteiger partial charge in [-0.15, -0.1) is 0 Å². The number of hydrogen-bond acceptors (Lipinski definition) is 6. The molecule has 0 spiro atoms. The molecule has 1 aliphatic carbocycles. The molecule has 8 heteroatoms. The third-order valence-corrected chi connectivity index (χ3v) is 6.12. The summed E-state index contributed by atoms with van der Waals surface area (Å²) in [6, 6.07) is 0. The first-order chi connectivity index (χ1) is 14.8. The number of hydrogen-bond donors (Lipinski definition) is 3. The van der Waals surface area contributed by atoms with E-state index in [0.29, 0.717) is 21.9 Å². The summed E-state index contributed by atoms with van der Waals surface area (Å²) in [5.74, 6) is -1.87. The highest BCUT2D eigenvalue weighted by Gasteiger charge is 2.39. The number of methoxy groups -OCH3 is 1.